The van der Waals surface area contributed by atoms with E-state index < -0.39 is 6.10 Å². The van der Waals surface area contributed by atoms with Crippen LogP contribution in [0.3, 0.4) is 0 Å². The number of hydrogen-bond acceptors (Lipinski definition) is 6. The fourth-order valence-corrected chi connectivity index (χ4v) is 4.29. The van der Waals surface area contributed by atoms with Crippen molar-refractivity contribution in [3.63, 3.8) is 0 Å². The van der Waals surface area contributed by atoms with E-state index in [1.165, 1.54) is 6.33 Å². The lowest BCUT2D eigenvalue weighted by molar-refractivity contribution is -0.127. The third-order valence-electron chi connectivity index (χ3n) is 6.21. The lowest BCUT2D eigenvalue weighted by Gasteiger charge is -2.40. The Kier molecular flexibility index (Phi) is 5.55. The maximum Gasteiger partial charge on any atom is 0.227 e. The number of anilines is 1. The molecular weight excluding hydrogens is 418 g/mol. The number of nitrogens with zero attached hydrogens (tertiary/aromatic N) is 6. The zero-order chi connectivity index (χ0) is 22.9. The van der Waals surface area contributed by atoms with Crippen molar-refractivity contribution >= 4 is 17.2 Å². The molecule has 5 rings (SSSR count). The van der Waals surface area contributed by atoms with E-state index in [1.54, 1.807) is 9.20 Å². The van der Waals surface area contributed by atoms with Gasteiger partial charge in [0.1, 0.15) is 11.8 Å². The molecule has 0 aromatic carbocycles. The number of rotatable bonds is 4. The van der Waals surface area contributed by atoms with Crippen LogP contribution in [0.15, 0.2) is 67.4 Å². The second-order valence-electron chi connectivity index (χ2n) is 8.71. The molecule has 2 N–H and O–H groups in total. The number of hydrogen-bond donors (Lipinski definition) is 2. The van der Waals surface area contributed by atoms with Crippen molar-refractivity contribution in [3.05, 3.63) is 67.4 Å². The van der Waals surface area contributed by atoms with E-state index in [9.17, 15) is 9.90 Å². The predicted molar refractivity (Wildman–Crippen MR) is 125 cm³/mol. The minimum atomic E-state index is -0.668. The monoisotopic (exact) mass is 445 g/mol. The van der Waals surface area contributed by atoms with Gasteiger partial charge in [-0.25, -0.2) is 9.50 Å². The molecule has 3 aromatic heterocycles. The molecule has 9 nitrogen and oxygen atoms in total. The molecule has 2 atom stereocenters. The van der Waals surface area contributed by atoms with Crippen molar-refractivity contribution in [3.8, 4) is 11.1 Å². The fraction of sp³-hybridized carbons (Fsp3) is 0.333. The Hall–Kier alpha value is -3.72. The molecule has 3 aromatic rings. The van der Waals surface area contributed by atoms with E-state index in [0.717, 1.165) is 28.0 Å². The Morgan fingerprint density at radius 1 is 1.21 bits per heavy atom. The highest BCUT2D eigenvalue weighted by atomic mass is 16.3. The largest absolute Gasteiger partial charge is 0.391 e. The highest BCUT2D eigenvalue weighted by molar-refractivity contribution is 5.84. The second kappa shape index (κ2) is 8.67. The molecule has 1 fully saturated rings. The molecule has 33 heavy (non-hydrogen) atoms. The van der Waals surface area contributed by atoms with Crippen LogP contribution in [0.4, 0.5) is 5.82 Å². The van der Waals surface area contributed by atoms with Gasteiger partial charge in [0.05, 0.1) is 24.3 Å². The van der Waals surface area contributed by atoms with E-state index in [-0.39, 0.29) is 17.9 Å². The Bertz CT molecular complexity index is 1250. The Labute approximate surface area is 191 Å². The van der Waals surface area contributed by atoms with Crippen LogP contribution in [0.1, 0.15) is 12.8 Å². The normalized spacial score (nSPS) is 23.5. The average molecular weight is 446 g/mol. The van der Waals surface area contributed by atoms with Crippen molar-refractivity contribution in [2.75, 3.05) is 18.0 Å². The van der Waals surface area contributed by atoms with Crippen LogP contribution in [0, 0.1) is 5.92 Å². The summed E-state index contributed by atoms with van der Waals surface area (Å²) in [6.45, 7) is 5.09. The zero-order valence-corrected chi connectivity index (χ0v) is 18.5. The summed E-state index contributed by atoms with van der Waals surface area (Å²) in [5.74, 6) is 0.605. The first-order chi connectivity index (χ1) is 16.0. The molecule has 4 heterocycles. The Balaban J connectivity index is 1.26. The van der Waals surface area contributed by atoms with Gasteiger partial charge in [-0.3, -0.25) is 9.48 Å². The van der Waals surface area contributed by atoms with E-state index in [0.29, 0.717) is 25.9 Å². The lowest BCUT2D eigenvalue weighted by Crippen LogP contribution is -2.57. The first kappa shape index (κ1) is 21.1. The van der Waals surface area contributed by atoms with Crippen LogP contribution in [0.25, 0.3) is 16.6 Å². The molecule has 9 heteroatoms. The topological polar surface area (TPSA) is 101 Å². The molecule has 0 bridgehead atoms. The summed E-state index contributed by atoms with van der Waals surface area (Å²) < 4.78 is 3.57. The molecule has 0 radical (unpaired) electrons. The van der Waals surface area contributed by atoms with E-state index >= 15 is 0 Å². The highest BCUT2D eigenvalue weighted by Crippen LogP contribution is 2.30. The van der Waals surface area contributed by atoms with Gasteiger partial charge in [0.2, 0.25) is 5.91 Å². The summed E-state index contributed by atoms with van der Waals surface area (Å²) in [5.41, 5.74) is 3.75. The van der Waals surface area contributed by atoms with Gasteiger partial charge in [-0.1, -0.05) is 36.5 Å². The molecule has 1 aliphatic carbocycles. The third kappa shape index (κ3) is 4.31. The number of aliphatic hydroxyl groups excluding tert-OH is 1. The van der Waals surface area contributed by atoms with Gasteiger partial charge in [-0.2, -0.15) is 10.2 Å². The molecule has 170 valence electrons. The number of nitrogens with one attached hydrogen (secondary N) is 1. The van der Waals surface area contributed by atoms with E-state index in [2.05, 4.69) is 32.0 Å². The molecule has 1 aliphatic heterocycles. The summed E-state index contributed by atoms with van der Waals surface area (Å²) in [4.78, 5) is 19.4. The number of carbonyl (C=O) groups is 1. The predicted octanol–water partition coefficient (Wildman–Crippen LogP) is 1.87. The number of aromatic nitrogens is 5. The van der Waals surface area contributed by atoms with E-state index in [4.69, 9.17) is 0 Å². The van der Waals surface area contributed by atoms with Gasteiger partial charge < -0.3 is 15.3 Å². The number of allylic oxidation sites excluding steroid dienone is 3. The molecule has 2 aliphatic rings. The number of carbonyl (C=O) groups excluding carboxylic acids is 1. The number of amides is 1. The van der Waals surface area contributed by atoms with Gasteiger partial charge in [0, 0.05) is 43.7 Å². The Morgan fingerprint density at radius 2 is 2.06 bits per heavy atom. The minimum absolute atomic E-state index is 0.0435. The molecule has 0 saturated carbocycles. The first-order valence-corrected chi connectivity index (χ1v) is 11.0. The molecule has 0 unspecified atom stereocenters. The van der Waals surface area contributed by atoms with Crippen molar-refractivity contribution < 1.29 is 9.90 Å². The zero-order valence-electron chi connectivity index (χ0n) is 18.5. The van der Waals surface area contributed by atoms with Gasteiger partial charge in [-0.05, 0) is 18.9 Å². The summed E-state index contributed by atoms with van der Waals surface area (Å²) in [7, 11) is 1.89. The average Bonchev–Trinajstić information content (AvgIpc) is 3.38. The second-order valence-corrected chi connectivity index (χ2v) is 8.71. The quantitative estimate of drug-likeness (QED) is 0.636. The third-order valence-corrected chi connectivity index (χ3v) is 6.21. The minimum Gasteiger partial charge on any atom is -0.391 e. The standard InChI is InChI=1S/C24H27N7O2/c1-16-6-4-3-5-7-20(22(32)8-16)28-24(33)19-12-30(13-19)23-21-9-17(14-31(21)27-15-25-23)18-10-26-29(2)11-18/h3-6,9-11,14-15,19-20,22,32H,1,7-8,12-13H2,2H3,(H,28,33)/b5-3-,6-4-/t20-,22+/m1/s1. The maximum atomic E-state index is 12.9. The molecule has 0 spiro atoms. The fourth-order valence-electron chi connectivity index (χ4n) is 4.29. The smallest absolute Gasteiger partial charge is 0.227 e. The lowest BCUT2D eigenvalue weighted by atomic mass is 9.96. The van der Waals surface area contributed by atoms with Gasteiger partial charge in [-0.15, -0.1) is 0 Å². The number of aryl methyl sites for hydroxylation is 1. The summed E-state index contributed by atoms with van der Waals surface area (Å²) in [6, 6.07) is 1.71. The highest BCUT2D eigenvalue weighted by Gasteiger charge is 2.36. The van der Waals surface area contributed by atoms with Crippen LogP contribution in [-0.2, 0) is 11.8 Å². The summed E-state index contributed by atoms with van der Waals surface area (Å²) >= 11 is 0. The Morgan fingerprint density at radius 3 is 2.85 bits per heavy atom. The SMILES string of the molecule is C=C1/C=C\C=C/C[C@@H](NC(=O)C2CN(c3ncnn4cc(-c5cnn(C)c5)cc34)C2)[C@@H](O)C1. The molecule has 1 saturated heterocycles. The van der Waals surface area contributed by atoms with Gasteiger partial charge in [0.15, 0.2) is 5.82 Å². The van der Waals surface area contributed by atoms with Crippen molar-refractivity contribution in [2.45, 2.75) is 25.0 Å². The van der Waals surface area contributed by atoms with Gasteiger partial charge in [0.25, 0.3) is 0 Å². The molecule has 1 amide bonds. The van der Waals surface area contributed by atoms with Crippen LogP contribution in [-0.4, -0.2) is 60.6 Å². The summed E-state index contributed by atoms with van der Waals surface area (Å²) in [6.07, 6.45) is 15.3. The summed E-state index contributed by atoms with van der Waals surface area (Å²) in [5, 5.41) is 22.2. The number of aliphatic hydroxyl groups is 1. The van der Waals surface area contributed by atoms with E-state index in [1.807, 2.05) is 56.0 Å². The van der Waals surface area contributed by atoms with Crippen LogP contribution in [0.2, 0.25) is 0 Å². The van der Waals surface area contributed by atoms with Gasteiger partial charge >= 0.3 is 0 Å². The van der Waals surface area contributed by atoms with Crippen LogP contribution in [0.5, 0.6) is 0 Å². The maximum absolute atomic E-state index is 12.9. The van der Waals surface area contributed by atoms with Crippen LogP contribution >= 0.6 is 0 Å². The van der Waals surface area contributed by atoms with Crippen molar-refractivity contribution in [1.82, 2.24) is 29.7 Å². The molecular formula is C24H27N7O2. The first-order valence-electron chi connectivity index (χ1n) is 11.0. The number of fused-ring (bicyclic) bond motifs is 1. The van der Waals surface area contributed by atoms with Crippen molar-refractivity contribution in [1.29, 1.82) is 0 Å². The van der Waals surface area contributed by atoms with Crippen LogP contribution < -0.4 is 10.2 Å². The van der Waals surface area contributed by atoms with Crippen molar-refractivity contribution in [2.24, 2.45) is 13.0 Å².